The molecular weight excluding hydrogens is 305 g/mol. The molecule has 0 radical (unpaired) electrons. The summed E-state index contributed by atoms with van der Waals surface area (Å²) in [7, 11) is 0. The number of benzene rings is 1. The minimum Gasteiger partial charge on any atom is -0.383 e. The van der Waals surface area contributed by atoms with E-state index in [1.807, 2.05) is 6.07 Å². The van der Waals surface area contributed by atoms with E-state index in [-0.39, 0.29) is 5.82 Å². The number of pyridine rings is 1. The van der Waals surface area contributed by atoms with Crippen LogP contribution in [0.15, 0.2) is 30.3 Å². The van der Waals surface area contributed by atoms with E-state index in [0.717, 1.165) is 35.4 Å². The van der Waals surface area contributed by atoms with Gasteiger partial charge in [0, 0.05) is 18.7 Å². The van der Waals surface area contributed by atoms with Gasteiger partial charge in [0.15, 0.2) is 5.65 Å². The van der Waals surface area contributed by atoms with Crippen molar-refractivity contribution in [3.63, 3.8) is 0 Å². The molecule has 1 fully saturated rings. The van der Waals surface area contributed by atoms with E-state index in [1.165, 1.54) is 37.8 Å². The van der Waals surface area contributed by atoms with E-state index in [9.17, 15) is 4.39 Å². The summed E-state index contributed by atoms with van der Waals surface area (Å²) in [5.74, 6) is 1.14. The smallest absolute Gasteiger partial charge is 0.185 e. The second kappa shape index (κ2) is 6.11. The molecule has 4 rings (SSSR count). The number of H-pyrrole nitrogens is 1. The predicted octanol–water partition coefficient (Wildman–Crippen LogP) is 3.73. The maximum Gasteiger partial charge on any atom is 0.185 e. The summed E-state index contributed by atoms with van der Waals surface area (Å²) in [6.45, 7) is 2.00. The summed E-state index contributed by atoms with van der Waals surface area (Å²) < 4.78 is 13.3. The quantitative estimate of drug-likeness (QED) is 0.753. The number of aromatic nitrogens is 3. The van der Waals surface area contributed by atoms with Crippen molar-refractivity contribution in [1.29, 1.82) is 0 Å². The molecule has 5 nitrogen and oxygen atoms in total. The van der Waals surface area contributed by atoms with E-state index < -0.39 is 0 Å². The first-order chi connectivity index (χ1) is 11.7. The van der Waals surface area contributed by atoms with Crippen LogP contribution in [-0.4, -0.2) is 28.3 Å². The third kappa shape index (κ3) is 2.68. The monoisotopic (exact) mass is 325 g/mol. The number of nitrogens with two attached hydrogens (primary N) is 1. The summed E-state index contributed by atoms with van der Waals surface area (Å²) in [5.41, 5.74) is 8.50. The second-order valence-corrected chi connectivity index (χ2v) is 6.27. The summed E-state index contributed by atoms with van der Waals surface area (Å²) >= 11 is 0. The topological polar surface area (TPSA) is 70.8 Å². The normalized spacial score (nSPS) is 15.6. The van der Waals surface area contributed by atoms with Crippen LogP contribution in [-0.2, 0) is 0 Å². The molecule has 3 aromatic rings. The van der Waals surface area contributed by atoms with Gasteiger partial charge in [0.2, 0.25) is 0 Å². The predicted molar refractivity (Wildman–Crippen MR) is 94.4 cm³/mol. The van der Waals surface area contributed by atoms with Gasteiger partial charge in [0.05, 0.1) is 5.39 Å². The number of hydrogen-bond acceptors (Lipinski definition) is 4. The molecule has 0 amide bonds. The molecular formula is C18H20FN5. The highest BCUT2D eigenvalue weighted by Crippen LogP contribution is 2.34. The Bertz CT molecular complexity index is 848. The molecule has 24 heavy (non-hydrogen) atoms. The average Bonchev–Trinajstić information content (AvgIpc) is 2.81. The number of hydrogen-bond donors (Lipinski definition) is 2. The molecule has 0 unspecified atom stereocenters. The van der Waals surface area contributed by atoms with Gasteiger partial charge in [-0.05, 0) is 36.6 Å². The Morgan fingerprint density at radius 2 is 1.75 bits per heavy atom. The lowest BCUT2D eigenvalue weighted by molar-refractivity contribution is 0.628. The number of nitrogens with one attached hydrogen (secondary N) is 1. The van der Waals surface area contributed by atoms with Crippen molar-refractivity contribution < 1.29 is 4.39 Å². The Balaban J connectivity index is 1.86. The average molecular weight is 325 g/mol. The van der Waals surface area contributed by atoms with E-state index in [2.05, 4.69) is 15.1 Å². The zero-order valence-corrected chi connectivity index (χ0v) is 13.4. The lowest BCUT2D eigenvalue weighted by atomic mass is 10.0. The van der Waals surface area contributed by atoms with Crippen LogP contribution in [0.1, 0.15) is 25.7 Å². The molecule has 0 spiro atoms. The lowest BCUT2D eigenvalue weighted by Gasteiger charge is -2.22. The Hall–Kier alpha value is -2.63. The highest BCUT2D eigenvalue weighted by atomic mass is 19.1. The maximum atomic E-state index is 13.3. The van der Waals surface area contributed by atoms with Gasteiger partial charge in [0.25, 0.3) is 0 Å². The van der Waals surface area contributed by atoms with E-state index in [0.29, 0.717) is 11.5 Å². The zero-order chi connectivity index (χ0) is 16.5. The molecule has 1 aliphatic heterocycles. The van der Waals surface area contributed by atoms with Gasteiger partial charge in [-0.15, -0.1) is 0 Å². The molecule has 2 aromatic heterocycles. The number of nitrogen functional groups attached to an aromatic ring is 1. The van der Waals surface area contributed by atoms with Crippen molar-refractivity contribution in [1.82, 2.24) is 15.2 Å². The fourth-order valence-corrected chi connectivity index (χ4v) is 3.35. The van der Waals surface area contributed by atoms with Crippen LogP contribution in [0, 0.1) is 5.82 Å². The Kier molecular flexibility index (Phi) is 3.80. The Morgan fingerprint density at radius 1 is 1.04 bits per heavy atom. The van der Waals surface area contributed by atoms with Crippen LogP contribution in [0.25, 0.3) is 22.2 Å². The van der Waals surface area contributed by atoms with Gasteiger partial charge >= 0.3 is 0 Å². The minimum absolute atomic E-state index is 0.253. The minimum atomic E-state index is -0.253. The summed E-state index contributed by atoms with van der Waals surface area (Å²) in [4.78, 5) is 7.00. The molecule has 0 aliphatic carbocycles. The molecule has 1 aliphatic rings. The maximum absolute atomic E-state index is 13.3. The lowest BCUT2D eigenvalue weighted by Crippen LogP contribution is -2.24. The summed E-state index contributed by atoms with van der Waals surface area (Å²) in [6, 6.07) is 8.51. The van der Waals surface area contributed by atoms with Gasteiger partial charge in [-0.25, -0.2) is 9.37 Å². The number of rotatable bonds is 2. The molecule has 6 heteroatoms. The van der Waals surface area contributed by atoms with E-state index >= 15 is 0 Å². The number of aromatic amines is 1. The third-order valence-electron chi connectivity index (χ3n) is 4.62. The van der Waals surface area contributed by atoms with Gasteiger partial charge in [-0.3, -0.25) is 5.10 Å². The van der Waals surface area contributed by atoms with E-state index in [1.54, 1.807) is 12.1 Å². The van der Waals surface area contributed by atoms with Crippen molar-refractivity contribution in [2.45, 2.75) is 25.7 Å². The van der Waals surface area contributed by atoms with Crippen LogP contribution in [0.4, 0.5) is 16.0 Å². The number of anilines is 2. The molecule has 0 bridgehead atoms. The number of fused-ring (bicyclic) bond motifs is 1. The molecule has 3 N–H and O–H groups in total. The van der Waals surface area contributed by atoms with Crippen molar-refractivity contribution >= 4 is 22.7 Å². The van der Waals surface area contributed by atoms with Gasteiger partial charge in [-0.2, -0.15) is 5.10 Å². The van der Waals surface area contributed by atoms with Crippen molar-refractivity contribution in [2.24, 2.45) is 0 Å². The van der Waals surface area contributed by atoms with E-state index in [4.69, 9.17) is 10.7 Å². The standard InChI is InChI=1S/C18H20FN5/c19-13-7-5-12(6-8-13)14-11-15(24-9-3-1-2-4-10-24)21-18-16(14)17(20)22-23-18/h5-8,11H,1-4,9-10H2,(H3,20,21,22,23). The van der Waals surface area contributed by atoms with Crippen molar-refractivity contribution in [2.75, 3.05) is 23.7 Å². The Labute approximate surface area is 139 Å². The first-order valence-electron chi connectivity index (χ1n) is 8.38. The van der Waals surface area contributed by atoms with Crippen molar-refractivity contribution in [3.05, 3.63) is 36.1 Å². The first-order valence-corrected chi connectivity index (χ1v) is 8.38. The van der Waals surface area contributed by atoms with Crippen LogP contribution >= 0.6 is 0 Å². The summed E-state index contributed by atoms with van der Waals surface area (Å²) in [6.07, 6.45) is 4.88. The number of halogens is 1. The van der Waals surface area contributed by atoms with Crippen LogP contribution < -0.4 is 10.6 Å². The molecule has 124 valence electrons. The van der Waals surface area contributed by atoms with Crippen LogP contribution in [0.3, 0.4) is 0 Å². The van der Waals surface area contributed by atoms with Crippen molar-refractivity contribution in [3.8, 4) is 11.1 Å². The fourth-order valence-electron chi connectivity index (χ4n) is 3.35. The van der Waals surface area contributed by atoms with Gasteiger partial charge in [-0.1, -0.05) is 25.0 Å². The van der Waals surface area contributed by atoms with Gasteiger partial charge in [0.1, 0.15) is 17.5 Å². The SMILES string of the molecule is Nc1[nH]nc2nc(N3CCCCCC3)cc(-c3ccc(F)cc3)c12. The third-order valence-corrected chi connectivity index (χ3v) is 4.62. The molecule has 3 heterocycles. The molecule has 0 atom stereocenters. The van der Waals surface area contributed by atoms with Crippen LogP contribution in [0.2, 0.25) is 0 Å². The van der Waals surface area contributed by atoms with Crippen LogP contribution in [0.5, 0.6) is 0 Å². The largest absolute Gasteiger partial charge is 0.383 e. The first kappa shape index (κ1) is 14.9. The van der Waals surface area contributed by atoms with Gasteiger partial charge < -0.3 is 10.6 Å². The zero-order valence-electron chi connectivity index (χ0n) is 13.4. The Morgan fingerprint density at radius 3 is 2.46 bits per heavy atom. The molecule has 0 saturated carbocycles. The number of nitrogens with zero attached hydrogens (tertiary/aromatic N) is 3. The second-order valence-electron chi connectivity index (χ2n) is 6.27. The molecule has 1 aromatic carbocycles. The summed E-state index contributed by atoms with van der Waals surface area (Å²) in [5, 5.41) is 7.84. The fraction of sp³-hybridized carbons (Fsp3) is 0.333. The highest BCUT2D eigenvalue weighted by molar-refractivity contribution is 6.01. The molecule has 1 saturated heterocycles. The highest BCUT2D eigenvalue weighted by Gasteiger charge is 2.18.